The molecule has 0 saturated heterocycles. The van der Waals surface area contributed by atoms with Crippen molar-refractivity contribution in [2.75, 3.05) is 13.7 Å². The smallest absolute Gasteiger partial charge is 0.307 e. The number of carbonyl (C=O) groups excluding carboxylic acids is 1. The van der Waals surface area contributed by atoms with Crippen LogP contribution in [0.1, 0.15) is 17.5 Å². The lowest BCUT2D eigenvalue weighted by Crippen LogP contribution is -2.28. The molecule has 1 aliphatic rings. The van der Waals surface area contributed by atoms with E-state index in [1.165, 1.54) is 0 Å². The van der Waals surface area contributed by atoms with E-state index < -0.39 is 11.9 Å². The number of aryl methyl sites for hydroxylation is 1. The monoisotopic (exact) mass is 277 g/mol. The van der Waals surface area contributed by atoms with Crippen LogP contribution in [0.15, 0.2) is 18.2 Å². The molecule has 0 aromatic heterocycles. The Balaban J connectivity index is 1.79. The molecule has 108 valence electrons. The molecular formula is C15H19NO4. The highest BCUT2D eigenvalue weighted by molar-refractivity contribution is 5.89. The zero-order chi connectivity index (χ0) is 14.7. The summed E-state index contributed by atoms with van der Waals surface area (Å²) in [5, 5.41) is 11.6. The van der Waals surface area contributed by atoms with Crippen LogP contribution in [0.2, 0.25) is 0 Å². The fourth-order valence-electron chi connectivity index (χ4n) is 2.24. The van der Waals surface area contributed by atoms with E-state index >= 15 is 0 Å². The lowest BCUT2D eigenvalue weighted by molar-refractivity contribution is -0.140. The van der Waals surface area contributed by atoms with Crippen LogP contribution < -0.4 is 10.1 Å². The van der Waals surface area contributed by atoms with Gasteiger partial charge in [-0.05, 0) is 37.0 Å². The van der Waals surface area contributed by atoms with Crippen molar-refractivity contribution in [3.63, 3.8) is 0 Å². The molecule has 2 rings (SSSR count). The Hall–Kier alpha value is -2.04. The first-order valence-electron chi connectivity index (χ1n) is 6.67. The summed E-state index contributed by atoms with van der Waals surface area (Å²) in [7, 11) is 1.63. The molecule has 0 bridgehead atoms. The lowest BCUT2D eigenvalue weighted by Gasteiger charge is -2.08. The maximum atomic E-state index is 11.7. The van der Waals surface area contributed by atoms with Gasteiger partial charge in [0.2, 0.25) is 5.91 Å². The van der Waals surface area contributed by atoms with Gasteiger partial charge in [0.1, 0.15) is 5.75 Å². The van der Waals surface area contributed by atoms with E-state index in [1.807, 2.05) is 25.1 Å². The second-order valence-corrected chi connectivity index (χ2v) is 5.13. The number of carbonyl (C=O) groups is 2. The van der Waals surface area contributed by atoms with Crippen molar-refractivity contribution in [2.24, 2.45) is 11.8 Å². The fourth-order valence-corrected chi connectivity index (χ4v) is 2.24. The molecule has 5 heteroatoms. The van der Waals surface area contributed by atoms with Gasteiger partial charge in [0.05, 0.1) is 18.9 Å². The van der Waals surface area contributed by atoms with Crippen molar-refractivity contribution >= 4 is 11.9 Å². The third-order valence-corrected chi connectivity index (χ3v) is 3.63. The van der Waals surface area contributed by atoms with Crippen LogP contribution in [-0.4, -0.2) is 30.6 Å². The van der Waals surface area contributed by atoms with Crippen molar-refractivity contribution in [3.05, 3.63) is 29.3 Å². The summed E-state index contributed by atoms with van der Waals surface area (Å²) in [4.78, 5) is 22.4. The van der Waals surface area contributed by atoms with Crippen molar-refractivity contribution in [3.8, 4) is 5.75 Å². The largest absolute Gasteiger partial charge is 0.496 e. The van der Waals surface area contributed by atoms with Gasteiger partial charge in [-0.25, -0.2) is 0 Å². The highest BCUT2D eigenvalue weighted by Gasteiger charge is 2.48. The Morgan fingerprint density at radius 2 is 2.15 bits per heavy atom. The highest BCUT2D eigenvalue weighted by Crippen LogP contribution is 2.38. The summed E-state index contributed by atoms with van der Waals surface area (Å²) in [6, 6.07) is 5.94. The van der Waals surface area contributed by atoms with Gasteiger partial charge >= 0.3 is 5.97 Å². The SMILES string of the molecule is COc1cc(CCNC(=O)[C@@H]2C[C@@H]2C(=O)O)ccc1C. The van der Waals surface area contributed by atoms with Crippen LogP contribution in [-0.2, 0) is 16.0 Å². The van der Waals surface area contributed by atoms with Crippen LogP contribution in [0, 0.1) is 18.8 Å². The molecule has 2 N–H and O–H groups in total. The standard InChI is InChI=1S/C15H19NO4/c1-9-3-4-10(7-13(9)20-2)5-6-16-14(17)11-8-12(11)15(18)19/h3-4,7,11-12H,5-6,8H2,1-2H3,(H,16,17)(H,18,19)/t11-,12+/m1/s1. The van der Waals surface area contributed by atoms with E-state index in [-0.39, 0.29) is 11.8 Å². The number of hydrogen-bond acceptors (Lipinski definition) is 3. The Labute approximate surface area is 117 Å². The Bertz CT molecular complexity index is 527. The first kappa shape index (κ1) is 14.4. The summed E-state index contributed by atoms with van der Waals surface area (Å²) in [5.74, 6) is -1.04. The van der Waals surface area contributed by atoms with Crippen molar-refractivity contribution in [1.82, 2.24) is 5.32 Å². The van der Waals surface area contributed by atoms with E-state index in [1.54, 1.807) is 7.11 Å². The number of carboxylic acid groups (broad SMARTS) is 1. The van der Waals surface area contributed by atoms with Gasteiger partial charge in [0, 0.05) is 6.54 Å². The van der Waals surface area contributed by atoms with Crippen LogP contribution in [0.25, 0.3) is 0 Å². The van der Waals surface area contributed by atoms with Gasteiger partial charge in [-0.1, -0.05) is 12.1 Å². The highest BCUT2D eigenvalue weighted by atomic mass is 16.5. The normalized spacial score (nSPS) is 20.3. The first-order chi connectivity index (χ1) is 9.52. The number of benzene rings is 1. The second kappa shape index (κ2) is 5.94. The summed E-state index contributed by atoms with van der Waals surface area (Å²) < 4.78 is 5.25. The van der Waals surface area contributed by atoms with E-state index in [9.17, 15) is 9.59 Å². The Kier molecular flexibility index (Phi) is 4.27. The molecule has 2 atom stereocenters. The molecule has 1 saturated carbocycles. The van der Waals surface area contributed by atoms with Gasteiger partial charge in [-0.15, -0.1) is 0 Å². The van der Waals surface area contributed by atoms with Gasteiger partial charge in [0.15, 0.2) is 0 Å². The molecule has 1 aromatic rings. The predicted octanol–water partition coefficient (Wildman–Crippen LogP) is 1.38. The molecule has 0 spiro atoms. The van der Waals surface area contributed by atoms with E-state index in [0.717, 1.165) is 16.9 Å². The molecule has 0 radical (unpaired) electrons. The van der Waals surface area contributed by atoms with Gasteiger partial charge in [-0.2, -0.15) is 0 Å². The molecule has 1 aliphatic carbocycles. The number of nitrogens with one attached hydrogen (secondary N) is 1. The maximum Gasteiger partial charge on any atom is 0.307 e. The third kappa shape index (κ3) is 3.29. The number of methoxy groups -OCH3 is 1. The number of amides is 1. The van der Waals surface area contributed by atoms with Crippen LogP contribution in [0.3, 0.4) is 0 Å². The third-order valence-electron chi connectivity index (χ3n) is 3.63. The minimum Gasteiger partial charge on any atom is -0.496 e. The summed E-state index contributed by atoms with van der Waals surface area (Å²) in [5.41, 5.74) is 2.15. The first-order valence-corrected chi connectivity index (χ1v) is 6.67. The lowest BCUT2D eigenvalue weighted by atomic mass is 10.1. The Morgan fingerprint density at radius 1 is 1.40 bits per heavy atom. The fraction of sp³-hybridized carbons (Fsp3) is 0.467. The average Bonchev–Trinajstić information content (AvgIpc) is 3.21. The molecule has 1 aromatic carbocycles. The molecule has 20 heavy (non-hydrogen) atoms. The van der Waals surface area contributed by atoms with E-state index in [2.05, 4.69) is 5.32 Å². The molecule has 1 amide bonds. The molecule has 0 unspecified atom stereocenters. The summed E-state index contributed by atoms with van der Waals surface area (Å²) >= 11 is 0. The van der Waals surface area contributed by atoms with E-state index in [4.69, 9.17) is 9.84 Å². The van der Waals surface area contributed by atoms with Crippen molar-refractivity contribution in [1.29, 1.82) is 0 Å². The molecule has 5 nitrogen and oxygen atoms in total. The average molecular weight is 277 g/mol. The predicted molar refractivity (Wildman–Crippen MR) is 73.7 cm³/mol. The van der Waals surface area contributed by atoms with Gasteiger partial charge in [-0.3, -0.25) is 9.59 Å². The van der Waals surface area contributed by atoms with E-state index in [0.29, 0.717) is 19.4 Å². The number of rotatable bonds is 6. The summed E-state index contributed by atoms with van der Waals surface area (Å²) in [6.07, 6.45) is 1.16. The van der Waals surface area contributed by atoms with Crippen LogP contribution in [0.4, 0.5) is 0 Å². The van der Waals surface area contributed by atoms with Crippen molar-refractivity contribution < 1.29 is 19.4 Å². The topological polar surface area (TPSA) is 75.6 Å². The number of ether oxygens (including phenoxy) is 1. The molecular weight excluding hydrogens is 258 g/mol. The number of aliphatic carboxylic acids is 1. The number of carboxylic acids is 1. The molecule has 1 fully saturated rings. The quantitative estimate of drug-likeness (QED) is 0.823. The van der Waals surface area contributed by atoms with Gasteiger partial charge < -0.3 is 15.2 Å². The Morgan fingerprint density at radius 3 is 2.75 bits per heavy atom. The van der Waals surface area contributed by atoms with Crippen LogP contribution >= 0.6 is 0 Å². The van der Waals surface area contributed by atoms with Gasteiger partial charge in [0.25, 0.3) is 0 Å². The van der Waals surface area contributed by atoms with Crippen molar-refractivity contribution in [2.45, 2.75) is 19.8 Å². The molecule has 0 heterocycles. The zero-order valence-electron chi connectivity index (χ0n) is 11.7. The molecule has 0 aliphatic heterocycles. The maximum absolute atomic E-state index is 11.7. The summed E-state index contributed by atoms with van der Waals surface area (Å²) in [6.45, 7) is 2.48. The number of hydrogen-bond donors (Lipinski definition) is 2. The zero-order valence-corrected chi connectivity index (χ0v) is 11.7. The minimum absolute atomic E-state index is 0.156. The van der Waals surface area contributed by atoms with Crippen LogP contribution in [0.5, 0.6) is 5.75 Å². The second-order valence-electron chi connectivity index (χ2n) is 5.13. The minimum atomic E-state index is -0.881.